The molecular weight excluding hydrogens is 786 g/mol. The number of aliphatic carboxylic acids is 2. The third-order valence-corrected chi connectivity index (χ3v) is 9.47. The van der Waals surface area contributed by atoms with E-state index in [2.05, 4.69) is 10.6 Å². The minimum atomic E-state index is -3.25. The highest BCUT2D eigenvalue weighted by Crippen LogP contribution is 2.38. The van der Waals surface area contributed by atoms with Gasteiger partial charge in [-0.3, -0.25) is 14.4 Å². The van der Waals surface area contributed by atoms with Crippen LogP contribution >= 0.6 is 0 Å². The number of ether oxygens (including phenoxy) is 5. The number of nitrogens with one attached hydrogen (secondary N) is 3. The first-order valence-electron chi connectivity index (χ1n) is 17.2. The molecule has 328 valence electrons. The number of rotatable bonds is 18. The lowest BCUT2D eigenvalue weighted by Crippen LogP contribution is -2.71. The summed E-state index contributed by atoms with van der Waals surface area (Å²) in [5.74, 6) is -13.7. The predicted molar refractivity (Wildman–Crippen MR) is 173 cm³/mol. The lowest BCUT2D eigenvalue weighted by molar-refractivity contribution is -0.349. The Hall–Kier alpha value is -3.33. The smallest absolute Gasteiger partial charge is 0.364 e. The van der Waals surface area contributed by atoms with Gasteiger partial charge in [0.1, 0.15) is 74.2 Å². The van der Waals surface area contributed by atoms with Crippen LogP contribution in [-0.4, -0.2) is 237 Å². The Labute approximate surface area is 320 Å². The molecule has 3 amide bonds. The molecule has 3 aliphatic heterocycles. The summed E-state index contributed by atoms with van der Waals surface area (Å²) >= 11 is 0. The summed E-state index contributed by atoms with van der Waals surface area (Å²) in [5, 5.41) is 151. The van der Waals surface area contributed by atoms with Crippen molar-refractivity contribution >= 4 is 29.7 Å². The Morgan fingerprint density at radius 3 is 1.65 bits per heavy atom. The minimum absolute atomic E-state index is 0.732. The van der Waals surface area contributed by atoms with Gasteiger partial charge in [-0.05, 0) is 0 Å². The fourth-order valence-electron chi connectivity index (χ4n) is 6.55. The van der Waals surface area contributed by atoms with Crippen LogP contribution in [0.5, 0.6) is 0 Å². The van der Waals surface area contributed by atoms with Crippen LogP contribution in [0, 0.1) is 0 Å². The first-order valence-corrected chi connectivity index (χ1v) is 17.2. The van der Waals surface area contributed by atoms with Gasteiger partial charge in [0.05, 0.1) is 44.1 Å². The standard InChI is InChI=1S/C30H49N3O24/c1-9(38)31-19-23(47)21(45)14(54-26(19)48)8-53-29(27(49)50)2-10(39)18(33-16(43)7-37)25(56-29)22(46)13(5-35)55-30(28(51)52)3-11(40)17(32-15(42)6-36)24(57-30)20(44)12(41)4-34/h10-14,17-26,34-37,39-41,44-48H,2-8H2,1H3,(H,31,38)(H,32,42)(H,33,43)(H,49,50)(H,51,52)/t10-,11-,12+,13+,14+,17+,18+,19+,20+,21-,22+,23+,24+,25+,26-,29+,30+/m0/s1. The van der Waals surface area contributed by atoms with E-state index >= 15 is 0 Å². The molecule has 3 heterocycles. The van der Waals surface area contributed by atoms with Crippen LogP contribution in [0.3, 0.4) is 0 Å². The molecule has 0 spiro atoms. The third kappa shape index (κ3) is 10.8. The van der Waals surface area contributed by atoms with Gasteiger partial charge < -0.3 is 111 Å². The Morgan fingerprint density at radius 2 is 1.19 bits per heavy atom. The molecule has 3 rings (SSSR count). The molecule has 3 aliphatic rings. The fourth-order valence-corrected chi connectivity index (χ4v) is 6.55. The Bertz CT molecular complexity index is 1410. The molecule has 3 fully saturated rings. The second-order valence-corrected chi connectivity index (χ2v) is 13.5. The van der Waals surface area contributed by atoms with E-state index < -0.39 is 179 Å². The van der Waals surface area contributed by atoms with Crippen molar-refractivity contribution in [3.8, 4) is 0 Å². The molecule has 0 aliphatic carbocycles. The highest BCUT2D eigenvalue weighted by molar-refractivity contribution is 5.79. The molecule has 17 N–H and O–H groups in total. The molecule has 0 unspecified atom stereocenters. The number of hydrogen-bond acceptors (Lipinski definition) is 22. The van der Waals surface area contributed by atoms with Gasteiger partial charge in [-0.25, -0.2) is 9.59 Å². The monoisotopic (exact) mass is 835 g/mol. The van der Waals surface area contributed by atoms with Crippen molar-refractivity contribution in [1.82, 2.24) is 16.0 Å². The maximum absolute atomic E-state index is 12.8. The van der Waals surface area contributed by atoms with Crippen molar-refractivity contribution in [2.75, 3.05) is 33.0 Å². The first kappa shape index (κ1) is 48.0. The fraction of sp³-hybridized carbons (Fsp3) is 0.833. The van der Waals surface area contributed by atoms with Gasteiger partial charge in [0.2, 0.25) is 17.7 Å². The van der Waals surface area contributed by atoms with Crippen molar-refractivity contribution in [3.05, 3.63) is 0 Å². The minimum Gasteiger partial charge on any atom is -0.477 e. The van der Waals surface area contributed by atoms with Crippen LogP contribution < -0.4 is 16.0 Å². The summed E-state index contributed by atoms with van der Waals surface area (Å²) < 4.78 is 27.1. The number of carbonyl (C=O) groups excluding carboxylic acids is 3. The second-order valence-electron chi connectivity index (χ2n) is 13.5. The van der Waals surface area contributed by atoms with E-state index in [4.69, 9.17) is 23.7 Å². The van der Waals surface area contributed by atoms with Crippen molar-refractivity contribution in [3.63, 3.8) is 0 Å². The normalized spacial score (nSPS) is 37.9. The SMILES string of the molecule is CC(=O)N[C@@H]1[C@@H](O)[C@@H](O)[C@@H](CO[C@]2(C(=O)O)C[C@H](O)[C@@H](NC(=O)CO)[C@H]([C@H](O)[C@@H](CO)O[C@]3(C(=O)O)C[C@H](O)[C@@H](NC(=O)CO)[C@H]([C@H](O)[C@H](O)CO)O3)O2)O[C@@H]1O. The first-order chi connectivity index (χ1) is 26.6. The molecule has 0 radical (unpaired) electrons. The summed E-state index contributed by atoms with van der Waals surface area (Å²) in [5.41, 5.74) is 0. The molecule has 3 saturated heterocycles. The molecule has 27 nitrogen and oxygen atoms in total. The second kappa shape index (κ2) is 20.1. The lowest BCUT2D eigenvalue weighted by Gasteiger charge is -2.50. The summed E-state index contributed by atoms with van der Waals surface area (Å²) in [6.45, 7) is -5.04. The Balaban J connectivity index is 2.00. The largest absolute Gasteiger partial charge is 0.477 e. The molecule has 0 aromatic carbocycles. The van der Waals surface area contributed by atoms with Gasteiger partial charge in [0.25, 0.3) is 11.6 Å². The highest BCUT2D eigenvalue weighted by atomic mass is 16.8. The predicted octanol–water partition coefficient (Wildman–Crippen LogP) is -10.8. The summed E-state index contributed by atoms with van der Waals surface area (Å²) in [7, 11) is 0. The van der Waals surface area contributed by atoms with Crippen molar-refractivity contribution in [2.45, 2.75) is 123 Å². The lowest BCUT2D eigenvalue weighted by atomic mass is 9.87. The van der Waals surface area contributed by atoms with Gasteiger partial charge >= 0.3 is 11.9 Å². The average molecular weight is 836 g/mol. The van der Waals surface area contributed by atoms with Crippen molar-refractivity contribution in [2.24, 2.45) is 0 Å². The van der Waals surface area contributed by atoms with Gasteiger partial charge in [-0.1, -0.05) is 0 Å². The number of aliphatic hydroxyl groups is 12. The zero-order chi connectivity index (χ0) is 43.2. The van der Waals surface area contributed by atoms with Crippen molar-refractivity contribution < 1.29 is 119 Å². The van der Waals surface area contributed by atoms with Gasteiger partial charge in [0, 0.05) is 19.8 Å². The highest BCUT2D eigenvalue weighted by Gasteiger charge is 2.60. The van der Waals surface area contributed by atoms with E-state index in [-0.39, 0.29) is 0 Å². The van der Waals surface area contributed by atoms with Gasteiger partial charge in [-0.2, -0.15) is 0 Å². The van der Waals surface area contributed by atoms with Crippen LogP contribution in [0.1, 0.15) is 19.8 Å². The van der Waals surface area contributed by atoms with Gasteiger partial charge in [0.15, 0.2) is 6.29 Å². The van der Waals surface area contributed by atoms with E-state index in [1.807, 2.05) is 5.32 Å². The van der Waals surface area contributed by atoms with E-state index in [0.29, 0.717) is 0 Å². The van der Waals surface area contributed by atoms with Crippen LogP contribution in [0.25, 0.3) is 0 Å². The maximum Gasteiger partial charge on any atom is 0.364 e. The average Bonchev–Trinajstić information content (AvgIpc) is 3.16. The third-order valence-electron chi connectivity index (χ3n) is 9.47. The van der Waals surface area contributed by atoms with E-state index in [0.717, 1.165) is 6.92 Å². The molecule has 0 bridgehead atoms. The van der Waals surface area contributed by atoms with Crippen LogP contribution in [-0.2, 0) is 47.7 Å². The number of amides is 3. The number of carboxylic acid groups (broad SMARTS) is 2. The van der Waals surface area contributed by atoms with Crippen LogP contribution in [0.15, 0.2) is 0 Å². The van der Waals surface area contributed by atoms with E-state index in [9.17, 15) is 95.5 Å². The summed E-state index contributed by atoms with van der Waals surface area (Å²) in [4.78, 5) is 61.2. The van der Waals surface area contributed by atoms with E-state index in [1.54, 1.807) is 0 Å². The van der Waals surface area contributed by atoms with Crippen molar-refractivity contribution in [1.29, 1.82) is 0 Å². The quantitative estimate of drug-likeness (QED) is 0.0609. The summed E-state index contributed by atoms with van der Waals surface area (Å²) in [6.07, 6.45) is -28.0. The maximum atomic E-state index is 12.8. The number of aliphatic hydroxyl groups excluding tert-OH is 12. The zero-order valence-corrected chi connectivity index (χ0v) is 30.0. The van der Waals surface area contributed by atoms with Crippen LogP contribution in [0.2, 0.25) is 0 Å². The molecule has 0 aromatic rings. The topological polar surface area (TPSA) is 451 Å². The number of hydrogen-bond donors (Lipinski definition) is 17. The number of carbonyl (C=O) groups is 5. The molecule has 17 atom stereocenters. The molecule has 57 heavy (non-hydrogen) atoms. The van der Waals surface area contributed by atoms with Crippen LogP contribution in [0.4, 0.5) is 0 Å². The van der Waals surface area contributed by atoms with Gasteiger partial charge in [-0.15, -0.1) is 0 Å². The Kier molecular flexibility index (Phi) is 16.9. The Morgan fingerprint density at radius 1 is 0.702 bits per heavy atom. The molecule has 27 heteroatoms. The van der Waals surface area contributed by atoms with E-state index in [1.165, 1.54) is 0 Å². The molecule has 0 aromatic heterocycles. The molecule has 0 saturated carbocycles. The zero-order valence-electron chi connectivity index (χ0n) is 30.0. The number of carboxylic acids is 2. The summed E-state index contributed by atoms with van der Waals surface area (Å²) in [6, 6.07) is -5.28. The molecular formula is C30H49N3O24.